The summed E-state index contributed by atoms with van der Waals surface area (Å²) in [6.07, 6.45) is 4.07. The van der Waals surface area contributed by atoms with Crippen LogP contribution in [0.5, 0.6) is 0 Å². The first-order valence-corrected chi connectivity index (χ1v) is 8.58. The van der Waals surface area contributed by atoms with Crippen LogP contribution in [0.25, 0.3) is 10.9 Å². The lowest BCUT2D eigenvalue weighted by atomic mass is 10.0. The number of hydrogen-bond donors (Lipinski definition) is 1. The third kappa shape index (κ3) is 4.06. The largest absolute Gasteiger partial charge is 0.401 e. The summed E-state index contributed by atoms with van der Waals surface area (Å²) in [6.45, 7) is 1.46. The molecule has 0 amide bonds. The number of pyridine rings is 1. The normalized spacial score (nSPS) is 16.4. The van der Waals surface area contributed by atoms with Crippen molar-refractivity contribution < 1.29 is 13.2 Å². The van der Waals surface area contributed by atoms with Crippen LogP contribution in [0.3, 0.4) is 0 Å². The highest BCUT2D eigenvalue weighted by atomic mass is 19.4. The summed E-state index contributed by atoms with van der Waals surface area (Å²) in [5, 5.41) is 0.300. The number of hydrogen-bond acceptors (Lipinski definition) is 5. The molecule has 0 saturated carbocycles. The molecule has 0 unspecified atom stereocenters. The fraction of sp³-hybridized carbons (Fsp3) is 0.500. The van der Waals surface area contributed by atoms with E-state index in [-0.39, 0.29) is 11.6 Å². The summed E-state index contributed by atoms with van der Waals surface area (Å²) in [7, 11) is 1.80. The van der Waals surface area contributed by atoms with Gasteiger partial charge in [-0.15, -0.1) is 6.42 Å². The number of aromatic nitrogens is 3. The smallest absolute Gasteiger partial charge is 0.356 e. The molecule has 0 aromatic carbocycles. The molecular formula is C18H20F3N5O. The number of alkyl halides is 3. The Morgan fingerprint density at radius 3 is 2.67 bits per heavy atom. The van der Waals surface area contributed by atoms with Crippen molar-refractivity contribution in [3.8, 4) is 12.3 Å². The fourth-order valence-electron chi connectivity index (χ4n) is 3.54. The topological polar surface area (TPSA) is 65.1 Å². The molecule has 0 aliphatic carbocycles. The number of nitrogens with one attached hydrogen (secondary N) is 1. The number of aryl methyl sites for hydroxylation is 1. The van der Waals surface area contributed by atoms with E-state index in [9.17, 15) is 18.0 Å². The van der Waals surface area contributed by atoms with Gasteiger partial charge in [-0.3, -0.25) is 9.69 Å². The van der Waals surface area contributed by atoms with Crippen molar-refractivity contribution in [1.82, 2.24) is 19.9 Å². The van der Waals surface area contributed by atoms with Gasteiger partial charge >= 0.3 is 6.18 Å². The van der Waals surface area contributed by atoms with E-state index in [0.717, 1.165) is 0 Å². The van der Waals surface area contributed by atoms with Crippen molar-refractivity contribution in [3.63, 3.8) is 0 Å². The van der Waals surface area contributed by atoms with Gasteiger partial charge in [0.05, 0.1) is 29.2 Å². The maximum atomic E-state index is 12.6. The van der Waals surface area contributed by atoms with Crippen LogP contribution < -0.4 is 10.5 Å². The number of nitrogens with zero attached hydrogens (tertiary/aromatic N) is 4. The number of halogens is 3. The zero-order valence-electron chi connectivity index (χ0n) is 15.1. The van der Waals surface area contributed by atoms with Gasteiger partial charge in [-0.25, -0.2) is 9.97 Å². The number of terminal acetylenes is 1. The van der Waals surface area contributed by atoms with E-state index in [0.29, 0.717) is 54.0 Å². The summed E-state index contributed by atoms with van der Waals surface area (Å²) >= 11 is 0. The van der Waals surface area contributed by atoms with Crippen molar-refractivity contribution in [3.05, 3.63) is 27.9 Å². The van der Waals surface area contributed by atoms with E-state index >= 15 is 0 Å². The van der Waals surface area contributed by atoms with Crippen LogP contribution in [0.4, 0.5) is 19.0 Å². The molecule has 1 saturated heterocycles. The maximum absolute atomic E-state index is 12.6. The molecule has 0 spiro atoms. The van der Waals surface area contributed by atoms with Gasteiger partial charge in [-0.05, 0) is 19.8 Å². The Hall–Kier alpha value is -2.60. The second-order valence-electron chi connectivity index (χ2n) is 6.75. The van der Waals surface area contributed by atoms with E-state index in [1.54, 1.807) is 14.0 Å². The van der Waals surface area contributed by atoms with Crippen molar-refractivity contribution in [2.45, 2.75) is 32.0 Å². The summed E-state index contributed by atoms with van der Waals surface area (Å²) in [5.41, 5.74) is 0.435. The molecule has 144 valence electrons. The zero-order chi connectivity index (χ0) is 19.8. The summed E-state index contributed by atoms with van der Waals surface area (Å²) in [4.78, 5) is 26.9. The predicted molar refractivity (Wildman–Crippen MR) is 96.8 cm³/mol. The van der Waals surface area contributed by atoms with Crippen LogP contribution >= 0.6 is 0 Å². The lowest BCUT2D eigenvalue weighted by Crippen LogP contribution is -2.46. The molecule has 1 aliphatic heterocycles. The Morgan fingerprint density at radius 2 is 2.07 bits per heavy atom. The Balaban J connectivity index is 1.86. The van der Waals surface area contributed by atoms with Gasteiger partial charge in [0.1, 0.15) is 11.6 Å². The third-order valence-corrected chi connectivity index (χ3v) is 4.83. The van der Waals surface area contributed by atoms with E-state index in [1.165, 1.54) is 11.1 Å². The number of aromatic amines is 1. The van der Waals surface area contributed by atoms with Gasteiger partial charge in [0.15, 0.2) is 0 Å². The molecule has 1 N–H and O–H groups in total. The highest BCUT2D eigenvalue weighted by Crippen LogP contribution is 2.27. The summed E-state index contributed by atoms with van der Waals surface area (Å²) in [5.74, 6) is 3.47. The van der Waals surface area contributed by atoms with Crippen LogP contribution in [-0.2, 0) is 0 Å². The number of rotatable bonds is 3. The van der Waals surface area contributed by atoms with Crippen molar-refractivity contribution in [1.29, 1.82) is 0 Å². The molecule has 6 nitrogen and oxygen atoms in total. The first-order valence-electron chi connectivity index (χ1n) is 8.58. The maximum Gasteiger partial charge on any atom is 0.401 e. The quantitative estimate of drug-likeness (QED) is 0.828. The minimum atomic E-state index is -4.19. The first-order chi connectivity index (χ1) is 12.7. The minimum Gasteiger partial charge on any atom is -0.356 e. The summed E-state index contributed by atoms with van der Waals surface area (Å²) in [6, 6.07) is -0.0102. The van der Waals surface area contributed by atoms with Gasteiger partial charge < -0.3 is 9.88 Å². The molecule has 2 aromatic rings. The molecule has 2 aromatic heterocycles. The Morgan fingerprint density at radius 1 is 1.41 bits per heavy atom. The number of piperidine rings is 1. The van der Waals surface area contributed by atoms with Crippen molar-refractivity contribution in [2.75, 3.05) is 31.6 Å². The van der Waals surface area contributed by atoms with E-state index in [1.807, 2.05) is 4.90 Å². The van der Waals surface area contributed by atoms with Gasteiger partial charge in [0, 0.05) is 26.2 Å². The van der Waals surface area contributed by atoms with E-state index in [4.69, 9.17) is 6.42 Å². The number of likely N-dealkylation sites (tertiary alicyclic amines) is 1. The number of anilines is 1. The van der Waals surface area contributed by atoms with Gasteiger partial charge in [0.2, 0.25) is 0 Å². The minimum absolute atomic E-state index is 0.0102. The van der Waals surface area contributed by atoms with Crippen LogP contribution in [0, 0.1) is 19.3 Å². The highest BCUT2D eigenvalue weighted by molar-refractivity contribution is 5.88. The van der Waals surface area contributed by atoms with Crippen LogP contribution in [-0.4, -0.2) is 58.8 Å². The van der Waals surface area contributed by atoms with Crippen molar-refractivity contribution in [2.24, 2.45) is 0 Å². The van der Waals surface area contributed by atoms with Gasteiger partial charge in [-0.2, -0.15) is 13.2 Å². The van der Waals surface area contributed by atoms with Crippen LogP contribution in [0.1, 0.15) is 24.2 Å². The number of H-pyrrole nitrogens is 1. The predicted octanol–water partition coefficient (Wildman–Crippen LogP) is 2.07. The van der Waals surface area contributed by atoms with Crippen LogP contribution in [0.2, 0.25) is 0 Å². The Labute approximate surface area is 154 Å². The lowest BCUT2D eigenvalue weighted by Gasteiger charge is -2.37. The summed E-state index contributed by atoms with van der Waals surface area (Å²) < 4.78 is 37.7. The highest BCUT2D eigenvalue weighted by Gasteiger charge is 2.33. The van der Waals surface area contributed by atoms with Gasteiger partial charge in [-0.1, -0.05) is 5.92 Å². The molecular weight excluding hydrogens is 359 g/mol. The molecule has 9 heteroatoms. The SMILES string of the molecule is C#Cc1c(N(C)C2CCN(CC(F)(F)F)CC2)ncc2nc(C)[nH]c(=O)c12. The van der Waals surface area contributed by atoms with E-state index in [2.05, 4.69) is 20.9 Å². The van der Waals surface area contributed by atoms with Crippen molar-refractivity contribution >= 4 is 16.7 Å². The Bertz CT molecular complexity index is 939. The molecule has 0 bridgehead atoms. The second-order valence-corrected chi connectivity index (χ2v) is 6.75. The first kappa shape index (κ1) is 19.2. The standard InChI is InChI=1S/C18H20F3N5O/c1-4-13-15-14(23-11(2)24-17(15)27)9-22-16(13)25(3)12-5-7-26(8-6-12)10-18(19,20)21/h1,9,12H,5-8,10H2,2-3H3,(H,23,24,27). The monoisotopic (exact) mass is 379 g/mol. The molecule has 1 fully saturated rings. The molecule has 1 aliphatic rings. The zero-order valence-corrected chi connectivity index (χ0v) is 15.1. The molecule has 0 radical (unpaired) electrons. The van der Waals surface area contributed by atoms with Crippen LogP contribution in [0.15, 0.2) is 11.0 Å². The Kier molecular flexibility index (Phi) is 5.11. The lowest BCUT2D eigenvalue weighted by molar-refractivity contribution is -0.147. The third-order valence-electron chi connectivity index (χ3n) is 4.83. The average Bonchev–Trinajstić information content (AvgIpc) is 2.59. The fourth-order valence-corrected chi connectivity index (χ4v) is 3.54. The van der Waals surface area contributed by atoms with Gasteiger partial charge in [0.25, 0.3) is 5.56 Å². The molecule has 3 rings (SSSR count). The molecule has 3 heterocycles. The molecule has 27 heavy (non-hydrogen) atoms. The van der Waals surface area contributed by atoms with E-state index < -0.39 is 12.7 Å². The average molecular weight is 379 g/mol. The molecule has 0 atom stereocenters. The second kappa shape index (κ2) is 7.19. The number of fused-ring (bicyclic) bond motifs is 1.